The van der Waals surface area contributed by atoms with Crippen LogP contribution in [0.25, 0.3) is 0 Å². The number of aliphatic hydroxyl groups is 1. The van der Waals surface area contributed by atoms with Gasteiger partial charge in [-0.15, -0.1) is 0 Å². The van der Waals surface area contributed by atoms with Crippen LogP contribution in [-0.2, 0) is 18.2 Å². The quantitative estimate of drug-likeness (QED) is 0.657. The van der Waals surface area contributed by atoms with E-state index in [-0.39, 0.29) is 5.92 Å². The van der Waals surface area contributed by atoms with Crippen molar-refractivity contribution in [3.8, 4) is 0 Å². The predicted octanol–water partition coefficient (Wildman–Crippen LogP) is 5.77. The first-order chi connectivity index (χ1) is 13.6. The van der Waals surface area contributed by atoms with E-state index in [2.05, 4.69) is 0 Å². The van der Waals surface area contributed by atoms with Crippen LogP contribution in [0, 0.1) is 11.8 Å². The molecule has 0 amide bonds. The molecular formula is C23H27ClF3NO. The van der Waals surface area contributed by atoms with Crippen LogP contribution >= 0.6 is 11.6 Å². The third-order valence-corrected chi connectivity index (χ3v) is 6.19. The van der Waals surface area contributed by atoms with Crippen molar-refractivity contribution in [2.24, 2.45) is 11.8 Å². The van der Waals surface area contributed by atoms with Crippen LogP contribution < -0.4 is 0 Å². The fourth-order valence-corrected chi connectivity index (χ4v) is 4.62. The van der Waals surface area contributed by atoms with Gasteiger partial charge in [-0.1, -0.05) is 35.9 Å². The molecule has 3 atom stereocenters. The Morgan fingerprint density at radius 2 is 1.83 bits per heavy atom. The molecule has 0 heterocycles. The molecule has 6 heteroatoms. The van der Waals surface area contributed by atoms with E-state index in [1.54, 1.807) is 6.07 Å². The SMILES string of the molecule is CN(C)CC1CC(Cc2ccc(Cl)cc2)CCC1(O)c1cccc(C(F)(F)F)c1. The lowest BCUT2D eigenvalue weighted by molar-refractivity contribution is -0.138. The standard InChI is InChI=1S/C23H27ClF3NO/c1-28(2)15-20-13-17(12-16-6-8-21(24)9-7-16)10-11-22(20,29)18-4-3-5-19(14-18)23(25,26)27/h3-9,14,17,20,29H,10-13,15H2,1-2H3. The largest absolute Gasteiger partial charge is 0.416 e. The molecule has 0 bridgehead atoms. The highest BCUT2D eigenvalue weighted by atomic mass is 35.5. The molecule has 29 heavy (non-hydrogen) atoms. The molecule has 1 fully saturated rings. The van der Waals surface area contributed by atoms with E-state index in [1.165, 1.54) is 11.6 Å². The molecule has 2 aromatic rings. The first kappa shape index (κ1) is 22.1. The van der Waals surface area contributed by atoms with Crippen molar-refractivity contribution in [1.82, 2.24) is 4.90 Å². The summed E-state index contributed by atoms with van der Waals surface area (Å²) in [5.41, 5.74) is -0.422. The van der Waals surface area contributed by atoms with Gasteiger partial charge in [0.05, 0.1) is 11.2 Å². The summed E-state index contributed by atoms with van der Waals surface area (Å²) in [5, 5.41) is 12.2. The Kier molecular flexibility index (Phi) is 6.61. The van der Waals surface area contributed by atoms with E-state index in [1.807, 2.05) is 43.3 Å². The second-order valence-corrected chi connectivity index (χ2v) is 8.87. The lowest BCUT2D eigenvalue weighted by atomic mass is 9.66. The monoisotopic (exact) mass is 425 g/mol. The Labute approximate surface area is 175 Å². The van der Waals surface area contributed by atoms with Gasteiger partial charge in [-0.05, 0) is 81.1 Å². The predicted molar refractivity (Wildman–Crippen MR) is 110 cm³/mol. The van der Waals surface area contributed by atoms with E-state index in [4.69, 9.17) is 11.6 Å². The number of rotatable bonds is 5. The van der Waals surface area contributed by atoms with E-state index < -0.39 is 17.3 Å². The van der Waals surface area contributed by atoms with Gasteiger partial charge in [0, 0.05) is 17.5 Å². The maximum Gasteiger partial charge on any atom is 0.416 e. The molecule has 1 saturated carbocycles. The Morgan fingerprint density at radius 1 is 1.14 bits per heavy atom. The first-order valence-electron chi connectivity index (χ1n) is 9.87. The Bertz CT molecular complexity index is 822. The molecule has 1 aliphatic carbocycles. The summed E-state index contributed by atoms with van der Waals surface area (Å²) in [4.78, 5) is 1.99. The fraction of sp³-hybridized carbons (Fsp3) is 0.478. The molecule has 1 N–H and O–H groups in total. The molecule has 1 aliphatic rings. The van der Waals surface area contributed by atoms with Gasteiger partial charge in [0.15, 0.2) is 0 Å². The summed E-state index contributed by atoms with van der Waals surface area (Å²) < 4.78 is 39.6. The molecule has 0 saturated heterocycles. The van der Waals surface area contributed by atoms with Crippen LogP contribution in [0.4, 0.5) is 13.2 Å². The van der Waals surface area contributed by atoms with Gasteiger partial charge in [-0.25, -0.2) is 0 Å². The molecule has 2 aromatic carbocycles. The van der Waals surface area contributed by atoms with Gasteiger partial charge in [-0.2, -0.15) is 13.2 Å². The van der Waals surface area contributed by atoms with Gasteiger partial charge < -0.3 is 10.0 Å². The maximum absolute atomic E-state index is 13.2. The normalized spacial score (nSPS) is 25.4. The topological polar surface area (TPSA) is 23.5 Å². The van der Waals surface area contributed by atoms with Crippen molar-refractivity contribution >= 4 is 11.6 Å². The van der Waals surface area contributed by atoms with Crippen molar-refractivity contribution in [3.05, 3.63) is 70.2 Å². The fourth-order valence-electron chi connectivity index (χ4n) is 4.49. The van der Waals surface area contributed by atoms with Crippen molar-refractivity contribution in [2.75, 3.05) is 20.6 Å². The number of benzene rings is 2. The zero-order chi connectivity index (χ0) is 21.2. The van der Waals surface area contributed by atoms with Crippen LogP contribution in [0.1, 0.15) is 36.0 Å². The number of halogens is 4. The molecular weight excluding hydrogens is 399 g/mol. The van der Waals surface area contributed by atoms with E-state index in [0.29, 0.717) is 29.5 Å². The summed E-state index contributed by atoms with van der Waals surface area (Å²) in [6.45, 7) is 0.615. The number of nitrogens with zero attached hydrogens (tertiary/aromatic N) is 1. The van der Waals surface area contributed by atoms with Gasteiger partial charge in [0.1, 0.15) is 0 Å². The zero-order valence-corrected chi connectivity index (χ0v) is 17.5. The van der Waals surface area contributed by atoms with E-state index in [9.17, 15) is 18.3 Å². The molecule has 0 spiro atoms. The lowest BCUT2D eigenvalue weighted by Gasteiger charge is -2.45. The molecule has 0 radical (unpaired) electrons. The average molecular weight is 426 g/mol. The smallest absolute Gasteiger partial charge is 0.385 e. The molecule has 3 rings (SSSR count). The number of hydrogen-bond acceptors (Lipinski definition) is 2. The van der Waals surface area contributed by atoms with Crippen molar-refractivity contribution in [3.63, 3.8) is 0 Å². The Balaban J connectivity index is 1.84. The molecule has 2 nitrogen and oxygen atoms in total. The van der Waals surface area contributed by atoms with Crippen molar-refractivity contribution < 1.29 is 18.3 Å². The minimum atomic E-state index is -4.42. The maximum atomic E-state index is 13.2. The van der Waals surface area contributed by atoms with Gasteiger partial charge in [0.2, 0.25) is 0 Å². The van der Waals surface area contributed by atoms with Crippen molar-refractivity contribution in [1.29, 1.82) is 0 Å². The van der Waals surface area contributed by atoms with E-state index >= 15 is 0 Å². The van der Waals surface area contributed by atoms with Gasteiger partial charge in [0.25, 0.3) is 0 Å². The first-order valence-corrected chi connectivity index (χ1v) is 10.2. The summed E-state index contributed by atoms with van der Waals surface area (Å²) in [7, 11) is 3.85. The van der Waals surface area contributed by atoms with Gasteiger partial charge >= 0.3 is 6.18 Å². The van der Waals surface area contributed by atoms with Crippen LogP contribution in [0.2, 0.25) is 5.02 Å². The van der Waals surface area contributed by atoms with Crippen LogP contribution in [-0.4, -0.2) is 30.6 Å². The van der Waals surface area contributed by atoms with Crippen LogP contribution in [0.5, 0.6) is 0 Å². The third-order valence-electron chi connectivity index (χ3n) is 5.94. The average Bonchev–Trinajstić information content (AvgIpc) is 2.65. The van der Waals surface area contributed by atoms with Crippen LogP contribution in [0.15, 0.2) is 48.5 Å². The summed E-state index contributed by atoms with van der Waals surface area (Å²) in [5.74, 6) is 0.222. The molecule has 158 valence electrons. The van der Waals surface area contributed by atoms with Gasteiger partial charge in [-0.3, -0.25) is 0 Å². The molecule has 0 aromatic heterocycles. The number of alkyl halides is 3. The van der Waals surface area contributed by atoms with E-state index in [0.717, 1.165) is 31.4 Å². The molecule has 3 unspecified atom stereocenters. The highest BCUT2D eigenvalue weighted by molar-refractivity contribution is 6.30. The second kappa shape index (κ2) is 8.66. The summed E-state index contributed by atoms with van der Waals surface area (Å²) >= 11 is 5.97. The highest BCUT2D eigenvalue weighted by Gasteiger charge is 2.44. The minimum absolute atomic E-state index is 0.146. The van der Waals surface area contributed by atoms with Crippen LogP contribution in [0.3, 0.4) is 0 Å². The summed E-state index contributed by atoms with van der Waals surface area (Å²) in [6.07, 6.45) is -1.58. The third kappa shape index (κ3) is 5.33. The zero-order valence-electron chi connectivity index (χ0n) is 16.7. The minimum Gasteiger partial charge on any atom is -0.385 e. The molecule has 0 aliphatic heterocycles. The second-order valence-electron chi connectivity index (χ2n) is 8.43. The lowest BCUT2D eigenvalue weighted by Crippen LogP contribution is -2.45. The Hall–Kier alpha value is -1.56. The Morgan fingerprint density at radius 3 is 2.45 bits per heavy atom. The highest BCUT2D eigenvalue weighted by Crippen LogP contribution is 2.46. The van der Waals surface area contributed by atoms with Crippen molar-refractivity contribution in [2.45, 2.75) is 37.5 Å². The summed E-state index contributed by atoms with van der Waals surface area (Å²) in [6, 6.07) is 12.9. The number of hydrogen-bond donors (Lipinski definition) is 1.